The van der Waals surface area contributed by atoms with Crippen LogP contribution < -0.4 is 0 Å². The second-order valence-electron chi connectivity index (χ2n) is 7.28. The van der Waals surface area contributed by atoms with Crippen LogP contribution in [0.3, 0.4) is 0 Å². The van der Waals surface area contributed by atoms with Gasteiger partial charge in [-0.2, -0.15) is 0 Å². The van der Waals surface area contributed by atoms with Gasteiger partial charge in [0.05, 0.1) is 5.56 Å². The number of hydrogen-bond donors (Lipinski definition) is 0. The maximum atomic E-state index is 12.7. The molecule has 2 saturated carbocycles. The highest BCUT2D eigenvalue weighted by atomic mass is 16.5. The minimum atomic E-state index is -0.549. The molecule has 0 bridgehead atoms. The number of ketones is 1. The molecule has 0 aromatic heterocycles. The molecule has 21 heavy (non-hydrogen) atoms. The Morgan fingerprint density at radius 3 is 2.48 bits per heavy atom. The van der Waals surface area contributed by atoms with Crippen molar-refractivity contribution >= 4 is 11.8 Å². The number of Topliss-reactive ketones (excluding diaryl/α,β-unsaturated/α-hetero) is 1. The van der Waals surface area contributed by atoms with E-state index in [4.69, 9.17) is 4.74 Å². The average molecular weight is 286 g/mol. The molecule has 0 saturated heterocycles. The van der Waals surface area contributed by atoms with E-state index in [1.165, 1.54) is 0 Å². The predicted octanol–water partition coefficient (Wildman–Crippen LogP) is 3.77. The van der Waals surface area contributed by atoms with E-state index in [1.54, 1.807) is 24.3 Å². The van der Waals surface area contributed by atoms with E-state index in [9.17, 15) is 9.59 Å². The van der Waals surface area contributed by atoms with Gasteiger partial charge in [0.15, 0.2) is 11.9 Å². The van der Waals surface area contributed by atoms with E-state index >= 15 is 0 Å². The molecule has 1 aromatic carbocycles. The lowest BCUT2D eigenvalue weighted by atomic mass is 9.79. The first-order valence-electron chi connectivity index (χ1n) is 7.72. The third kappa shape index (κ3) is 2.61. The van der Waals surface area contributed by atoms with Crippen LogP contribution in [0.4, 0.5) is 0 Å². The molecule has 0 heterocycles. The van der Waals surface area contributed by atoms with Crippen molar-refractivity contribution in [2.75, 3.05) is 0 Å². The fraction of sp³-hybridized carbons (Fsp3) is 0.556. The summed E-state index contributed by atoms with van der Waals surface area (Å²) in [6.45, 7) is 4.44. The summed E-state index contributed by atoms with van der Waals surface area (Å²) in [6.07, 6.45) is 3.94. The van der Waals surface area contributed by atoms with Gasteiger partial charge in [-0.05, 0) is 49.7 Å². The topological polar surface area (TPSA) is 43.4 Å². The summed E-state index contributed by atoms with van der Waals surface area (Å²) >= 11 is 0. The predicted molar refractivity (Wildman–Crippen MR) is 80.0 cm³/mol. The molecule has 0 radical (unpaired) electrons. The largest absolute Gasteiger partial charge is 0.451 e. The van der Waals surface area contributed by atoms with Crippen LogP contribution in [0.5, 0.6) is 0 Å². The van der Waals surface area contributed by atoms with Crippen LogP contribution in [-0.2, 0) is 9.53 Å². The Balaban J connectivity index is 1.69. The fourth-order valence-corrected chi connectivity index (χ4v) is 3.98. The molecule has 0 amide bonds. The van der Waals surface area contributed by atoms with Gasteiger partial charge in [0, 0.05) is 5.41 Å². The van der Waals surface area contributed by atoms with Gasteiger partial charge in [0.25, 0.3) is 0 Å². The van der Waals surface area contributed by atoms with E-state index < -0.39 is 6.10 Å². The lowest BCUT2D eigenvalue weighted by Gasteiger charge is -2.24. The number of ether oxygens (including phenoxy) is 1. The van der Waals surface area contributed by atoms with Crippen molar-refractivity contribution in [1.29, 1.82) is 0 Å². The molecule has 2 atom stereocenters. The second kappa shape index (κ2) is 4.97. The molecular formula is C18H22O3. The zero-order chi connectivity index (χ0) is 15.1. The minimum absolute atomic E-state index is 0.150. The average Bonchev–Trinajstić information content (AvgIpc) is 2.94. The third-order valence-electron chi connectivity index (χ3n) is 5.06. The van der Waals surface area contributed by atoms with Gasteiger partial charge in [-0.3, -0.25) is 4.79 Å². The molecule has 2 aliphatic carbocycles. The van der Waals surface area contributed by atoms with Crippen LogP contribution in [-0.4, -0.2) is 17.9 Å². The highest BCUT2D eigenvalue weighted by Crippen LogP contribution is 2.55. The van der Waals surface area contributed by atoms with E-state index in [0.29, 0.717) is 12.0 Å². The molecular weight excluding hydrogens is 264 g/mol. The van der Waals surface area contributed by atoms with Crippen molar-refractivity contribution in [3.63, 3.8) is 0 Å². The summed E-state index contributed by atoms with van der Waals surface area (Å²) in [5.74, 6) is -0.236. The monoisotopic (exact) mass is 286 g/mol. The first-order chi connectivity index (χ1) is 9.92. The molecule has 0 N–H and O–H groups in total. The zero-order valence-electron chi connectivity index (χ0n) is 12.7. The molecule has 2 unspecified atom stereocenters. The standard InChI is InChI=1S/C18H22O3/c1-17(2)10-11-18(12-17)9-8-14(15(18)19)21-16(20)13-6-4-3-5-7-13/h3-7,14H,8-12H2,1-2H3. The minimum Gasteiger partial charge on any atom is -0.451 e. The van der Waals surface area contributed by atoms with Gasteiger partial charge in [-0.15, -0.1) is 0 Å². The summed E-state index contributed by atoms with van der Waals surface area (Å²) in [5, 5.41) is 0. The molecule has 2 aliphatic rings. The quantitative estimate of drug-likeness (QED) is 0.777. The van der Waals surface area contributed by atoms with Crippen LogP contribution in [0.1, 0.15) is 56.3 Å². The number of esters is 1. The molecule has 3 rings (SSSR count). The van der Waals surface area contributed by atoms with Crippen molar-refractivity contribution in [2.24, 2.45) is 10.8 Å². The van der Waals surface area contributed by atoms with Crippen molar-refractivity contribution in [3.05, 3.63) is 35.9 Å². The van der Waals surface area contributed by atoms with E-state index in [0.717, 1.165) is 25.7 Å². The van der Waals surface area contributed by atoms with Crippen molar-refractivity contribution < 1.29 is 14.3 Å². The van der Waals surface area contributed by atoms with Gasteiger partial charge < -0.3 is 4.74 Å². The first-order valence-corrected chi connectivity index (χ1v) is 7.72. The van der Waals surface area contributed by atoms with Crippen LogP contribution >= 0.6 is 0 Å². The van der Waals surface area contributed by atoms with Crippen molar-refractivity contribution in [2.45, 2.75) is 52.1 Å². The number of rotatable bonds is 2. The Morgan fingerprint density at radius 1 is 1.14 bits per heavy atom. The van der Waals surface area contributed by atoms with Crippen LogP contribution in [0.2, 0.25) is 0 Å². The fourth-order valence-electron chi connectivity index (χ4n) is 3.98. The second-order valence-corrected chi connectivity index (χ2v) is 7.28. The van der Waals surface area contributed by atoms with Crippen LogP contribution in [0.25, 0.3) is 0 Å². The SMILES string of the molecule is CC1(C)CCC2(CCC(OC(=O)c3ccccc3)C2=O)C1. The van der Waals surface area contributed by atoms with E-state index in [2.05, 4.69) is 13.8 Å². The molecule has 1 aromatic rings. The van der Waals surface area contributed by atoms with Crippen molar-refractivity contribution in [1.82, 2.24) is 0 Å². The Kier molecular flexibility index (Phi) is 3.39. The molecule has 1 spiro atoms. The normalized spacial score (nSPS) is 30.8. The summed E-state index contributed by atoms with van der Waals surface area (Å²) in [4.78, 5) is 24.8. The molecule has 3 nitrogen and oxygen atoms in total. The Labute approximate surface area is 125 Å². The van der Waals surface area contributed by atoms with Gasteiger partial charge in [-0.1, -0.05) is 32.0 Å². The van der Waals surface area contributed by atoms with Gasteiger partial charge >= 0.3 is 5.97 Å². The maximum Gasteiger partial charge on any atom is 0.338 e. The molecule has 2 fully saturated rings. The summed E-state index contributed by atoms with van der Waals surface area (Å²) in [7, 11) is 0. The van der Waals surface area contributed by atoms with Gasteiger partial charge in [0.2, 0.25) is 0 Å². The van der Waals surface area contributed by atoms with E-state index in [-0.39, 0.29) is 22.6 Å². The lowest BCUT2D eigenvalue weighted by Crippen LogP contribution is -2.32. The zero-order valence-corrected chi connectivity index (χ0v) is 12.7. The number of benzene rings is 1. The number of hydrogen-bond acceptors (Lipinski definition) is 3. The van der Waals surface area contributed by atoms with Gasteiger partial charge in [-0.25, -0.2) is 4.79 Å². The lowest BCUT2D eigenvalue weighted by molar-refractivity contribution is -0.133. The third-order valence-corrected chi connectivity index (χ3v) is 5.06. The summed E-state index contributed by atoms with van der Waals surface area (Å²) < 4.78 is 5.48. The summed E-state index contributed by atoms with van der Waals surface area (Å²) in [6, 6.07) is 8.89. The van der Waals surface area contributed by atoms with Crippen molar-refractivity contribution in [3.8, 4) is 0 Å². The van der Waals surface area contributed by atoms with Gasteiger partial charge in [0.1, 0.15) is 0 Å². The maximum absolute atomic E-state index is 12.7. The first kappa shape index (κ1) is 14.3. The molecule has 0 aliphatic heterocycles. The Bertz CT molecular complexity index is 561. The van der Waals surface area contributed by atoms with Crippen LogP contribution in [0.15, 0.2) is 30.3 Å². The Hall–Kier alpha value is -1.64. The smallest absolute Gasteiger partial charge is 0.338 e. The number of carbonyl (C=O) groups excluding carboxylic acids is 2. The highest BCUT2D eigenvalue weighted by molar-refractivity contribution is 5.96. The Morgan fingerprint density at radius 2 is 1.86 bits per heavy atom. The molecule has 112 valence electrons. The van der Waals surface area contributed by atoms with E-state index in [1.807, 2.05) is 6.07 Å². The summed E-state index contributed by atoms with van der Waals surface area (Å²) in [5.41, 5.74) is 0.511. The molecule has 3 heteroatoms. The number of carbonyl (C=O) groups is 2. The highest BCUT2D eigenvalue weighted by Gasteiger charge is 2.54. The van der Waals surface area contributed by atoms with Crippen LogP contribution in [0, 0.1) is 10.8 Å².